The van der Waals surface area contributed by atoms with Gasteiger partial charge < -0.3 is 16.0 Å². The summed E-state index contributed by atoms with van der Waals surface area (Å²) in [5, 5.41) is 14.2. The Morgan fingerprint density at radius 1 is 1.21 bits per heavy atom. The molecular weight excluding hydrogens is 238 g/mol. The number of hydrogen-bond acceptors (Lipinski definition) is 3. The third kappa shape index (κ3) is 1.76. The van der Waals surface area contributed by atoms with E-state index in [1.165, 1.54) is 6.42 Å². The van der Waals surface area contributed by atoms with Gasteiger partial charge in [-0.1, -0.05) is 12.2 Å². The van der Waals surface area contributed by atoms with E-state index in [1.54, 1.807) is 6.21 Å². The summed E-state index contributed by atoms with van der Waals surface area (Å²) >= 11 is 0. The summed E-state index contributed by atoms with van der Waals surface area (Å²) in [6, 6.07) is 1.08. The van der Waals surface area contributed by atoms with Gasteiger partial charge in [0.25, 0.3) is 0 Å². The van der Waals surface area contributed by atoms with Gasteiger partial charge in [0, 0.05) is 30.0 Å². The zero-order valence-electron chi connectivity index (χ0n) is 11.0. The number of carbonyl (C=O) groups excluding carboxylic acids is 1. The highest BCUT2D eigenvalue weighted by Crippen LogP contribution is 2.43. The fraction of sp³-hybridized carbons (Fsp3) is 0.733. The van der Waals surface area contributed by atoms with Gasteiger partial charge in [-0.15, -0.1) is 0 Å². The molecule has 0 radical (unpaired) electrons. The number of allylic oxidation sites excluding steroid dienone is 2. The van der Waals surface area contributed by atoms with Crippen LogP contribution in [0.3, 0.4) is 0 Å². The molecule has 2 aliphatic heterocycles. The van der Waals surface area contributed by atoms with Crippen molar-refractivity contribution in [2.75, 3.05) is 0 Å². The van der Waals surface area contributed by atoms with Gasteiger partial charge in [0.2, 0.25) is 5.91 Å². The van der Waals surface area contributed by atoms with E-state index in [1.807, 2.05) is 0 Å². The summed E-state index contributed by atoms with van der Waals surface area (Å²) in [7, 11) is 0. The average molecular weight is 259 g/mol. The Morgan fingerprint density at radius 3 is 2.68 bits per heavy atom. The Kier molecular flexibility index (Phi) is 2.56. The molecule has 4 nitrogen and oxygen atoms in total. The Bertz CT molecular complexity index is 447. The van der Waals surface area contributed by atoms with E-state index in [2.05, 4.69) is 22.8 Å². The van der Waals surface area contributed by atoms with Crippen LogP contribution in [0.4, 0.5) is 0 Å². The van der Waals surface area contributed by atoms with Crippen LogP contribution in [0.1, 0.15) is 25.7 Å². The highest BCUT2D eigenvalue weighted by Gasteiger charge is 2.47. The first kappa shape index (κ1) is 11.6. The van der Waals surface area contributed by atoms with Gasteiger partial charge in [0.15, 0.2) is 0 Å². The maximum absolute atomic E-state index is 12.4. The monoisotopic (exact) mass is 259 g/mol. The van der Waals surface area contributed by atoms with Crippen LogP contribution < -0.4 is 10.6 Å². The SMILES string of the molecule is N=CC1CC2NC1CC2NC(=O)C1CC2C=CC1C2. The minimum atomic E-state index is 0.215. The molecule has 7 atom stereocenters. The molecule has 4 aliphatic rings. The van der Waals surface area contributed by atoms with Crippen molar-refractivity contribution in [3.63, 3.8) is 0 Å². The van der Waals surface area contributed by atoms with Crippen LogP contribution >= 0.6 is 0 Å². The summed E-state index contributed by atoms with van der Waals surface area (Å²) < 4.78 is 0. The molecule has 102 valence electrons. The predicted octanol–water partition coefficient (Wildman–Crippen LogP) is 1.08. The topological polar surface area (TPSA) is 65.0 Å². The van der Waals surface area contributed by atoms with Crippen LogP contribution in [0.25, 0.3) is 0 Å². The molecule has 19 heavy (non-hydrogen) atoms. The van der Waals surface area contributed by atoms with E-state index in [-0.39, 0.29) is 17.9 Å². The van der Waals surface area contributed by atoms with Crippen LogP contribution in [-0.2, 0) is 4.79 Å². The number of carbonyl (C=O) groups is 1. The first-order valence-corrected chi connectivity index (χ1v) is 7.50. The first-order valence-electron chi connectivity index (χ1n) is 7.50. The van der Waals surface area contributed by atoms with E-state index in [9.17, 15) is 4.79 Å². The lowest BCUT2D eigenvalue weighted by Gasteiger charge is -2.27. The first-order chi connectivity index (χ1) is 9.24. The smallest absolute Gasteiger partial charge is 0.223 e. The van der Waals surface area contributed by atoms with E-state index in [0.29, 0.717) is 29.8 Å². The molecule has 2 heterocycles. The average Bonchev–Trinajstić information content (AvgIpc) is 3.17. The second-order valence-electron chi connectivity index (χ2n) is 6.68. The molecule has 3 fully saturated rings. The van der Waals surface area contributed by atoms with Gasteiger partial charge in [-0.25, -0.2) is 0 Å². The lowest BCUT2D eigenvalue weighted by atomic mass is 9.86. The Hall–Kier alpha value is -1.16. The van der Waals surface area contributed by atoms with Gasteiger partial charge in [0.1, 0.15) is 0 Å². The standard InChI is InChI=1S/C15H21N3O/c16-7-10-5-13-14(6-12(10)17-13)18-15(19)11-4-8-1-2-9(11)3-8/h1-2,7-14,16-17H,3-6H2,(H,18,19). The van der Waals surface area contributed by atoms with Crippen molar-refractivity contribution in [2.24, 2.45) is 23.7 Å². The summed E-state index contributed by atoms with van der Waals surface area (Å²) in [6.07, 6.45) is 10.3. The second kappa shape index (κ2) is 4.17. The van der Waals surface area contributed by atoms with Crippen LogP contribution in [0.2, 0.25) is 0 Å². The maximum Gasteiger partial charge on any atom is 0.223 e. The lowest BCUT2D eigenvalue weighted by Crippen LogP contribution is -2.46. The van der Waals surface area contributed by atoms with Crippen molar-refractivity contribution in [3.8, 4) is 0 Å². The molecule has 7 unspecified atom stereocenters. The normalized spacial score (nSPS) is 49.8. The largest absolute Gasteiger partial charge is 0.351 e. The third-order valence-electron chi connectivity index (χ3n) is 5.62. The summed E-state index contributed by atoms with van der Waals surface area (Å²) in [6.45, 7) is 0. The zero-order chi connectivity index (χ0) is 13.0. The molecule has 3 N–H and O–H groups in total. The number of rotatable bonds is 3. The predicted molar refractivity (Wildman–Crippen MR) is 73.0 cm³/mol. The minimum absolute atomic E-state index is 0.215. The number of nitrogens with one attached hydrogen (secondary N) is 3. The summed E-state index contributed by atoms with van der Waals surface area (Å²) in [5.41, 5.74) is 0. The molecule has 0 aromatic rings. The fourth-order valence-electron chi connectivity index (χ4n) is 4.60. The van der Waals surface area contributed by atoms with Crippen molar-refractivity contribution in [1.82, 2.24) is 10.6 Å². The highest BCUT2D eigenvalue weighted by atomic mass is 16.2. The quantitative estimate of drug-likeness (QED) is 0.524. The van der Waals surface area contributed by atoms with Gasteiger partial charge in [-0.05, 0) is 43.7 Å². The molecule has 1 amide bonds. The Balaban J connectivity index is 1.37. The molecule has 0 aromatic heterocycles. The van der Waals surface area contributed by atoms with Crippen molar-refractivity contribution in [2.45, 2.75) is 43.8 Å². The van der Waals surface area contributed by atoms with Gasteiger partial charge in [-0.3, -0.25) is 4.79 Å². The molecule has 4 bridgehead atoms. The zero-order valence-corrected chi connectivity index (χ0v) is 11.0. The van der Waals surface area contributed by atoms with Crippen molar-refractivity contribution in [1.29, 1.82) is 5.41 Å². The molecule has 2 aliphatic carbocycles. The molecule has 1 saturated carbocycles. The fourth-order valence-corrected chi connectivity index (χ4v) is 4.60. The molecule has 4 heteroatoms. The van der Waals surface area contributed by atoms with Gasteiger partial charge in [0.05, 0.1) is 0 Å². The van der Waals surface area contributed by atoms with Crippen molar-refractivity contribution in [3.05, 3.63) is 12.2 Å². The number of amides is 1. The summed E-state index contributed by atoms with van der Waals surface area (Å²) in [5.74, 6) is 2.01. The van der Waals surface area contributed by atoms with Crippen LogP contribution in [0.15, 0.2) is 12.2 Å². The molecule has 4 rings (SSSR count). The van der Waals surface area contributed by atoms with Crippen LogP contribution in [-0.4, -0.2) is 30.2 Å². The van der Waals surface area contributed by atoms with Crippen LogP contribution in [0, 0.1) is 29.1 Å². The van der Waals surface area contributed by atoms with E-state index < -0.39 is 0 Å². The molecule has 0 spiro atoms. The highest BCUT2D eigenvalue weighted by molar-refractivity contribution is 5.80. The van der Waals surface area contributed by atoms with Crippen molar-refractivity contribution >= 4 is 12.1 Å². The lowest BCUT2D eigenvalue weighted by molar-refractivity contribution is -0.126. The minimum Gasteiger partial charge on any atom is -0.351 e. The molecule has 2 saturated heterocycles. The Labute approximate surface area is 113 Å². The third-order valence-corrected chi connectivity index (χ3v) is 5.62. The maximum atomic E-state index is 12.4. The number of hydrogen-bond donors (Lipinski definition) is 3. The molecule has 0 aromatic carbocycles. The van der Waals surface area contributed by atoms with Crippen molar-refractivity contribution < 1.29 is 4.79 Å². The van der Waals surface area contributed by atoms with E-state index in [4.69, 9.17) is 5.41 Å². The second-order valence-corrected chi connectivity index (χ2v) is 6.68. The van der Waals surface area contributed by atoms with E-state index >= 15 is 0 Å². The van der Waals surface area contributed by atoms with Gasteiger partial charge >= 0.3 is 0 Å². The molecular formula is C15H21N3O. The van der Waals surface area contributed by atoms with Crippen LogP contribution in [0.5, 0.6) is 0 Å². The summed E-state index contributed by atoms with van der Waals surface area (Å²) in [4.78, 5) is 12.4. The number of fused-ring (bicyclic) bond motifs is 4. The van der Waals surface area contributed by atoms with Gasteiger partial charge in [-0.2, -0.15) is 0 Å². The van der Waals surface area contributed by atoms with E-state index in [0.717, 1.165) is 19.3 Å². The Morgan fingerprint density at radius 2 is 2.11 bits per heavy atom.